The fraction of sp³-hybridized carbons (Fsp3) is 0.429. The maximum Gasteiger partial charge on any atom is 0.147 e. The summed E-state index contributed by atoms with van der Waals surface area (Å²) in [5, 5.41) is 0.488. The molecule has 2 heterocycles. The van der Waals surface area contributed by atoms with Crippen molar-refractivity contribution in [2.75, 3.05) is 0 Å². The van der Waals surface area contributed by atoms with Crippen molar-refractivity contribution in [1.29, 1.82) is 0 Å². The summed E-state index contributed by atoms with van der Waals surface area (Å²) < 4.78 is 1.85. The van der Waals surface area contributed by atoms with Gasteiger partial charge in [-0.1, -0.05) is 32.4 Å². The van der Waals surface area contributed by atoms with Crippen LogP contribution < -0.4 is 0 Å². The first-order chi connectivity index (χ1) is 8.60. The molecule has 0 N–H and O–H groups in total. The van der Waals surface area contributed by atoms with Gasteiger partial charge in [-0.25, -0.2) is 9.97 Å². The first kappa shape index (κ1) is 13.1. The summed E-state index contributed by atoms with van der Waals surface area (Å²) in [5.74, 6) is 1.51. The molecule has 0 aliphatic carbocycles. The quantitative estimate of drug-likeness (QED) is 0.842. The molecular weight excluding hydrogens is 246 g/mol. The Hall–Kier alpha value is -1.35. The highest BCUT2D eigenvalue weighted by atomic mass is 35.5. The van der Waals surface area contributed by atoms with Crippen molar-refractivity contribution in [1.82, 2.24) is 14.5 Å². The summed E-state index contributed by atoms with van der Waals surface area (Å²) in [4.78, 5) is 8.48. The van der Waals surface area contributed by atoms with Crippen molar-refractivity contribution in [3.05, 3.63) is 41.1 Å². The monoisotopic (exact) mass is 263 g/mol. The van der Waals surface area contributed by atoms with Gasteiger partial charge in [0.1, 0.15) is 17.3 Å². The van der Waals surface area contributed by atoms with E-state index in [1.807, 2.05) is 10.8 Å². The highest BCUT2D eigenvalue weighted by molar-refractivity contribution is 6.29. The zero-order valence-electron chi connectivity index (χ0n) is 11.0. The number of nitrogens with zero attached hydrogens (tertiary/aromatic N) is 3. The molecule has 0 unspecified atom stereocenters. The Bertz CT molecular complexity index is 532. The average Bonchev–Trinajstić information content (AvgIpc) is 2.75. The molecule has 0 spiro atoms. The number of hydrogen-bond acceptors (Lipinski definition) is 2. The average molecular weight is 264 g/mol. The summed E-state index contributed by atoms with van der Waals surface area (Å²) in [5.41, 5.74) is 2.68. The minimum absolute atomic E-state index is 0.488. The van der Waals surface area contributed by atoms with E-state index in [0.29, 0.717) is 11.1 Å². The van der Waals surface area contributed by atoms with Crippen LogP contribution >= 0.6 is 11.6 Å². The van der Waals surface area contributed by atoms with E-state index in [4.69, 9.17) is 11.6 Å². The van der Waals surface area contributed by atoms with Crippen LogP contribution in [0.15, 0.2) is 24.8 Å². The van der Waals surface area contributed by atoms with Gasteiger partial charge in [-0.3, -0.25) is 4.57 Å². The van der Waals surface area contributed by atoms with Crippen LogP contribution in [0, 0.1) is 5.92 Å². The molecule has 0 amide bonds. The van der Waals surface area contributed by atoms with Crippen LogP contribution in [0.1, 0.15) is 31.9 Å². The first-order valence-corrected chi connectivity index (χ1v) is 6.65. The first-order valence-electron chi connectivity index (χ1n) is 6.27. The second-order valence-corrected chi connectivity index (χ2v) is 5.25. The Morgan fingerprint density at radius 3 is 2.61 bits per heavy atom. The molecule has 0 aromatic carbocycles. The van der Waals surface area contributed by atoms with Crippen LogP contribution in [0.25, 0.3) is 5.82 Å². The molecule has 0 atom stereocenters. The number of aromatic nitrogens is 3. The van der Waals surface area contributed by atoms with Crippen LogP contribution in [0.2, 0.25) is 5.15 Å². The van der Waals surface area contributed by atoms with Crippen molar-refractivity contribution >= 4 is 11.6 Å². The van der Waals surface area contributed by atoms with Crippen molar-refractivity contribution in [2.45, 2.75) is 33.6 Å². The van der Waals surface area contributed by atoms with Gasteiger partial charge in [0.15, 0.2) is 0 Å². The maximum atomic E-state index is 5.83. The van der Waals surface area contributed by atoms with Gasteiger partial charge < -0.3 is 0 Å². The Kier molecular flexibility index (Phi) is 4.02. The van der Waals surface area contributed by atoms with E-state index in [1.54, 1.807) is 12.5 Å². The second kappa shape index (κ2) is 5.53. The molecule has 0 radical (unpaired) electrons. The van der Waals surface area contributed by atoms with Crippen LogP contribution in [0.4, 0.5) is 0 Å². The van der Waals surface area contributed by atoms with Crippen molar-refractivity contribution in [3.8, 4) is 5.82 Å². The summed E-state index contributed by atoms with van der Waals surface area (Å²) in [7, 11) is 0. The van der Waals surface area contributed by atoms with Gasteiger partial charge in [0.25, 0.3) is 0 Å². The SMILES string of the molecule is CCc1cnc(-n2cnc(Cl)c2)cc1CC(C)C. The molecule has 4 heteroatoms. The molecule has 2 rings (SSSR count). The van der Waals surface area contributed by atoms with Crippen molar-refractivity contribution in [3.63, 3.8) is 0 Å². The minimum atomic E-state index is 0.488. The third-order valence-electron chi connectivity index (χ3n) is 2.89. The highest BCUT2D eigenvalue weighted by Gasteiger charge is 2.08. The van der Waals surface area contributed by atoms with E-state index in [1.165, 1.54) is 11.1 Å². The topological polar surface area (TPSA) is 30.7 Å². The molecular formula is C14H18ClN3. The Labute approximate surface area is 113 Å². The molecule has 0 bridgehead atoms. The van der Waals surface area contributed by atoms with E-state index in [0.717, 1.165) is 18.7 Å². The number of rotatable bonds is 4. The van der Waals surface area contributed by atoms with Crippen LogP contribution in [-0.2, 0) is 12.8 Å². The fourth-order valence-corrected chi connectivity index (χ4v) is 2.18. The molecule has 0 aliphatic rings. The molecule has 0 saturated heterocycles. The predicted molar refractivity (Wildman–Crippen MR) is 74.3 cm³/mol. The van der Waals surface area contributed by atoms with E-state index in [-0.39, 0.29) is 0 Å². The van der Waals surface area contributed by atoms with E-state index in [2.05, 4.69) is 36.8 Å². The second-order valence-electron chi connectivity index (χ2n) is 4.87. The lowest BCUT2D eigenvalue weighted by atomic mass is 9.98. The Balaban J connectivity index is 2.38. The van der Waals surface area contributed by atoms with Crippen molar-refractivity contribution < 1.29 is 0 Å². The molecule has 0 fully saturated rings. The summed E-state index contributed by atoms with van der Waals surface area (Å²) >= 11 is 5.83. The summed E-state index contributed by atoms with van der Waals surface area (Å²) in [6, 6.07) is 2.14. The largest absolute Gasteiger partial charge is 0.289 e. The number of imidazole rings is 1. The predicted octanol–water partition coefficient (Wildman–Crippen LogP) is 3.68. The summed E-state index contributed by atoms with van der Waals surface area (Å²) in [6.07, 6.45) is 7.51. The molecule has 3 nitrogen and oxygen atoms in total. The Morgan fingerprint density at radius 2 is 2.06 bits per heavy atom. The number of halogens is 1. The molecule has 0 aliphatic heterocycles. The van der Waals surface area contributed by atoms with Gasteiger partial charge in [-0.05, 0) is 36.0 Å². The number of hydrogen-bond donors (Lipinski definition) is 0. The van der Waals surface area contributed by atoms with Gasteiger partial charge in [0, 0.05) is 12.4 Å². The number of aryl methyl sites for hydroxylation is 1. The normalized spacial score (nSPS) is 11.2. The van der Waals surface area contributed by atoms with E-state index < -0.39 is 0 Å². The van der Waals surface area contributed by atoms with Gasteiger partial charge in [0.05, 0.1) is 0 Å². The van der Waals surface area contributed by atoms with Gasteiger partial charge in [-0.2, -0.15) is 0 Å². The lowest BCUT2D eigenvalue weighted by Gasteiger charge is -2.12. The molecule has 2 aromatic rings. The minimum Gasteiger partial charge on any atom is -0.289 e. The summed E-state index contributed by atoms with van der Waals surface area (Å²) in [6.45, 7) is 6.62. The lowest BCUT2D eigenvalue weighted by molar-refractivity contribution is 0.641. The van der Waals surface area contributed by atoms with Crippen LogP contribution in [0.5, 0.6) is 0 Å². The third-order valence-corrected chi connectivity index (χ3v) is 3.09. The molecule has 0 saturated carbocycles. The smallest absolute Gasteiger partial charge is 0.147 e. The standard InChI is InChI=1S/C14H18ClN3/c1-4-11-7-16-14(6-12(11)5-10(2)3)18-8-13(15)17-9-18/h6-10H,4-5H2,1-3H3. The number of pyridine rings is 1. The van der Waals surface area contributed by atoms with Gasteiger partial charge in [0.2, 0.25) is 0 Å². The molecule has 2 aromatic heterocycles. The van der Waals surface area contributed by atoms with Crippen molar-refractivity contribution in [2.24, 2.45) is 5.92 Å². The maximum absolute atomic E-state index is 5.83. The fourth-order valence-electron chi connectivity index (χ4n) is 2.03. The van der Waals surface area contributed by atoms with Crippen LogP contribution in [0.3, 0.4) is 0 Å². The lowest BCUT2D eigenvalue weighted by Crippen LogP contribution is -2.03. The van der Waals surface area contributed by atoms with Gasteiger partial charge >= 0.3 is 0 Å². The van der Waals surface area contributed by atoms with Gasteiger partial charge in [-0.15, -0.1) is 0 Å². The third kappa shape index (κ3) is 2.91. The van der Waals surface area contributed by atoms with E-state index >= 15 is 0 Å². The zero-order chi connectivity index (χ0) is 13.1. The zero-order valence-corrected chi connectivity index (χ0v) is 11.8. The van der Waals surface area contributed by atoms with Crippen LogP contribution in [-0.4, -0.2) is 14.5 Å². The molecule has 96 valence electrons. The highest BCUT2D eigenvalue weighted by Crippen LogP contribution is 2.18. The Morgan fingerprint density at radius 1 is 1.28 bits per heavy atom. The van der Waals surface area contributed by atoms with E-state index in [9.17, 15) is 0 Å². The molecule has 18 heavy (non-hydrogen) atoms.